The Labute approximate surface area is 167 Å². The number of aryl methyl sites for hydroxylation is 1. The number of aromatic nitrogens is 2. The Morgan fingerprint density at radius 1 is 1.21 bits per heavy atom. The molecule has 1 saturated heterocycles. The smallest absolute Gasteiger partial charge is 0.248 e. The van der Waals surface area contributed by atoms with Crippen molar-refractivity contribution < 1.29 is 14.3 Å². The van der Waals surface area contributed by atoms with Crippen LogP contribution in [0.5, 0.6) is 0 Å². The van der Waals surface area contributed by atoms with E-state index in [0.29, 0.717) is 38.4 Å². The Hall–Kier alpha value is -2.02. The highest BCUT2D eigenvalue weighted by Gasteiger charge is 2.33. The number of hydrogen-bond donors (Lipinski definition) is 0. The van der Waals surface area contributed by atoms with Gasteiger partial charge in [0.05, 0.1) is 6.10 Å². The third kappa shape index (κ3) is 4.51. The highest BCUT2D eigenvalue weighted by molar-refractivity contribution is 5.95. The van der Waals surface area contributed by atoms with Gasteiger partial charge in [-0.25, -0.2) is 9.97 Å². The summed E-state index contributed by atoms with van der Waals surface area (Å²) in [6.45, 7) is 12.2. The summed E-state index contributed by atoms with van der Waals surface area (Å²) in [5.41, 5.74) is 2.04. The lowest BCUT2D eigenvalue weighted by Gasteiger charge is -2.31. The van der Waals surface area contributed by atoms with Crippen LogP contribution in [0.15, 0.2) is 0 Å². The van der Waals surface area contributed by atoms with Crippen molar-refractivity contribution in [1.82, 2.24) is 14.9 Å². The lowest BCUT2D eigenvalue weighted by molar-refractivity contribution is -0.136. The number of likely N-dealkylation sites (tertiary alicyclic amines) is 1. The zero-order valence-corrected chi connectivity index (χ0v) is 17.7. The zero-order chi connectivity index (χ0) is 20.4. The summed E-state index contributed by atoms with van der Waals surface area (Å²) in [5, 5.41) is 0. The summed E-state index contributed by atoms with van der Waals surface area (Å²) in [7, 11) is 0. The second-order valence-corrected chi connectivity index (χ2v) is 8.55. The van der Waals surface area contributed by atoms with Gasteiger partial charge in [-0.15, -0.1) is 0 Å². The first-order valence-electron chi connectivity index (χ1n) is 10.3. The van der Waals surface area contributed by atoms with Gasteiger partial charge in [0.1, 0.15) is 18.2 Å². The molecule has 0 aromatic carbocycles. The van der Waals surface area contributed by atoms with E-state index in [1.807, 2.05) is 30.6 Å². The average molecular weight is 389 g/mol. The van der Waals surface area contributed by atoms with Gasteiger partial charge in [0.15, 0.2) is 0 Å². The molecule has 1 fully saturated rings. The normalized spacial score (nSPS) is 19.7. The van der Waals surface area contributed by atoms with Crippen molar-refractivity contribution in [3.05, 3.63) is 17.1 Å². The van der Waals surface area contributed by atoms with Gasteiger partial charge in [-0.2, -0.15) is 0 Å². The predicted octanol–water partition coefficient (Wildman–Crippen LogP) is 2.46. The van der Waals surface area contributed by atoms with E-state index in [1.54, 1.807) is 0 Å². The summed E-state index contributed by atoms with van der Waals surface area (Å²) in [6, 6.07) is 0. The minimum atomic E-state index is 0.0162. The fourth-order valence-electron chi connectivity index (χ4n) is 3.87. The number of fused-ring (bicyclic) bond motifs is 1. The van der Waals surface area contributed by atoms with Crippen LogP contribution in [0.2, 0.25) is 0 Å². The first-order chi connectivity index (χ1) is 13.3. The fourth-order valence-corrected chi connectivity index (χ4v) is 3.87. The van der Waals surface area contributed by atoms with Crippen LogP contribution in [-0.4, -0.2) is 59.0 Å². The summed E-state index contributed by atoms with van der Waals surface area (Å²) < 4.78 is 5.45. The lowest BCUT2D eigenvalue weighted by Crippen LogP contribution is -2.39. The summed E-state index contributed by atoms with van der Waals surface area (Å²) >= 11 is 0. The van der Waals surface area contributed by atoms with E-state index < -0.39 is 0 Å². The molecule has 7 heteroatoms. The van der Waals surface area contributed by atoms with E-state index in [2.05, 4.69) is 13.8 Å². The van der Waals surface area contributed by atoms with Crippen molar-refractivity contribution in [2.24, 2.45) is 5.92 Å². The van der Waals surface area contributed by atoms with Crippen molar-refractivity contribution in [2.45, 2.75) is 65.9 Å². The largest absolute Gasteiger partial charge is 0.369 e. The van der Waals surface area contributed by atoms with E-state index in [-0.39, 0.29) is 30.4 Å². The van der Waals surface area contributed by atoms with Crippen LogP contribution in [0, 0.1) is 12.8 Å². The first-order valence-corrected chi connectivity index (χ1v) is 10.3. The van der Waals surface area contributed by atoms with Gasteiger partial charge >= 0.3 is 0 Å². The molecule has 0 spiro atoms. The average Bonchev–Trinajstić information content (AvgIpc) is 3.12. The molecular weight excluding hydrogens is 356 g/mol. The number of ether oxygens (including phenoxy) is 1. The van der Waals surface area contributed by atoms with E-state index in [1.165, 1.54) is 0 Å². The highest BCUT2D eigenvalue weighted by Crippen LogP contribution is 2.32. The second-order valence-electron chi connectivity index (χ2n) is 8.55. The van der Waals surface area contributed by atoms with Crippen molar-refractivity contribution >= 4 is 17.6 Å². The Bertz CT molecular complexity index is 747. The monoisotopic (exact) mass is 388 g/mol. The number of carbonyl (C=O) groups is 2. The third-order valence-electron chi connectivity index (χ3n) is 5.35. The van der Waals surface area contributed by atoms with Crippen molar-refractivity contribution in [3.63, 3.8) is 0 Å². The quantitative estimate of drug-likeness (QED) is 0.748. The highest BCUT2D eigenvalue weighted by atomic mass is 16.5. The maximum atomic E-state index is 12.5. The van der Waals surface area contributed by atoms with E-state index in [9.17, 15) is 9.59 Å². The number of rotatable bonds is 6. The van der Waals surface area contributed by atoms with Crippen LogP contribution in [0.3, 0.4) is 0 Å². The van der Waals surface area contributed by atoms with Gasteiger partial charge in [0, 0.05) is 43.2 Å². The minimum Gasteiger partial charge on any atom is -0.369 e. The number of amides is 2. The van der Waals surface area contributed by atoms with Crippen molar-refractivity contribution in [2.75, 3.05) is 31.1 Å². The van der Waals surface area contributed by atoms with Gasteiger partial charge in [-0.1, -0.05) is 13.8 Å². The number of carbonyl (C=O) groups excluding carboxylic acids is 2. The van der Waals surface area contributed by atoms with Crippen LogP contribution in [0.4, 0.5) is 5.82 Å². The molecule has 7 nitrogen and oxygen atoms in total. The lowest BCUT2D eigenvalue weighted by atomic mass is 10.0. The predicted molar refractivity (Wildman–Crippen MR) is 107 cm³/mol. The number of anilines is 1. The molecule has 2 aliphatic heterocycles. The maximum absolute atomic E-state index is 12.5. The van der Waals surface area contributed by atoms with Crippen molar-refractivity contribution in [1.29, 1.82) is 0 Å². The molecule has 154 valence electrons. The van der Waals surface area contributed by atoms with Crippen molar-refractivity contribution in [3.8, 4) is 0 Å². The molecule has 0 saturated carbocycles. The van der Waals surface area contributed by atoms with Gasteiger partial charge in [0.25, 0.3) is 0 Å². The molecule has 1 atom stereocenters. The molecule has 28 heavy (non-hydrogen) atoms. The standard InChI is InChI=1S/C21H32N4O3/c1-13(2)10-25-18(26)7-6-17-15(5)22-20(23-21(17)25)16-8-9-24(11-16)19(27)12-28-14(3)4/h13-14,16H,6-12H2,1-5H3/t16-/m0/s1. The SMILES string of the molecule is Cc1nc([C@H]2CCN(C(=O)COC(C)C)C2)nc2c1CCC(=O)N2CC(C)C. The van der Waals surface area contributed by atoms with Gasteiger partial charge in [-0.05, 0) is 39.5 Å². The third-order valence-corrected chi connectivity index (χ3v) is 5.35. The molecule has 3 heterocycles. The van der Waals surface area contributed by atoms with Gasteiger partial charge < -0.3 is 9.64 Å². The molecule has 2 aliphatic rings. The van der Waals surface area contributed by atoms with Crippen LogP contribution < -0.4 is 4.90 Å². The summed E-state index contributed by atoms with van der Waals surface area (Å²) in [4.78, 5) is 38.1. The van der Waals surface area contributed by atoms with Gasteiger partial charge in [0.2, 0.25) is 11.8 Å². The topological polar surface area (TPSA) is 75.6 Å². The maximum Gasteiger partial charge on any atom is 0.248 e. The number of hydrogen-bond acceptors (Lipinski definition) is 5. The summed E-state index contributed by atoms with van der Waals surface area (Å²) in [5.74, 6) is 2.15. The van der Waals surface area contributed by atoms with Crippen LogP contribution in [-0.2, 0) is 20.7 Å². The van der Waals surface area contributed by atoms with Gasteiger partial charge in [-0.3, -0.25) is 14.5 Å². The molecule has 0 bridgehead atoms. The molecular formula is C21H32N4O3. The van der Waals surface area contributed by atoms with Crippen LogP contribution >= 0.6 is 0 Å². The Kier molecular flexibility index (Phi) is 6.33. The molecule has 0 aliphatic carbocycles. The molecule has 0 unspecified atom stereocenters. The Morgan fingerprint density at radius 2 is 1.96 bits per heavy atom. The van der Waals surface area contributed by atoms with E-state index in [0.717, 1.165) is 29.3 Å². The second kappa shape index (κ2) is 8.55. The van der Waals surface area contributed by atoms with Crippen LogP contribution in [0.1, 0.15) is 63.5 Å². The minimum absolute atomic E-state index is 0.0162. The Morgan fingerprint density at radius 3 is 2.64 bits per heavy atom. The molecule has 3 rings (SSSR count). The zero-order valence-electron chi connectivity index (χ0n) is 17.7. The Balaban J connectivity index is 1.79. The van der Waals surface area contributed by atoms with E-state index in [4.69, 9.17) is 14.7 Å². The summed E-state index contributed by atoms with van der Waals surface area (Å²) in [6.07, 6.45) is 2.10. The molecule has 2 amide bonds. The molecule has 0 N–H and O–H groups in total. The number of nitrogens with zero attached hydrogens (tertiary/aromatic N) is 4. The first kappa shape index (κ1) is 20.7. The van der Waals surface area contributed by atoms with Crippen LogP contribution in [0.25, 0.3) is 0 Å². The fraction of sp³-hybridized carbons (Fsp3) is 0.714. The van der Waals surface area contributed by atoms with E-state index >= 15 is 0 Å². The molecule has 0 radical (unpaired) electrons. The molecule has 1 aromatic heterocycles. The molecule has 1 aromatic rings.